The van der Waals surface area contributed by atoms with Crippen molar-refractivity contribution in [3.05, 3.63) is 110 Å². The Morgan fingerprint density at radius 3 is 2.69 bits per heavy atom. The van der Waals surface area contributed by atoms with Gasteiger partial charge in [0.05, 0.1) is 12.6 Å². The summed E-state index contributed by atoms with van der Waals surface area (Å²) in [6.07, 6.45) is 1.85. The number of aromatic nitrogens is 5. The number of benzene rings is 2. The summed E-state index contributed by atoms with van der Waals surface area (Å²) in [5.41, 5.74) is 3.86. The second-order valence-electron chi connectivity index (χ2n) is 9.18. The lowest BCUT2D eigenvalue weighted by molar-refractivity contribution is 0.157. The van der Waals surface area contributed by atoms with Gasteiger partial charge in [-0.15, -0.1) is 16.4 Å². The summed E-state index contributed by atoms with van der Waals surface area (Å²) in [6.45, 7) is 6.06. The zero-order chi connectivity index (χ0) is 24.9. The number of rotatable bonds is 10. The van der Waals surface area contributed by atoms with E-state index in [0.717, 1.165) is 40.7 Å². The highest BCUT2D eigenvalue weighted by Gasteiger charge is 2.27. The molecule has 0 saturated heterocycles. The average molecular weight is 499 g/mol. The molecule has 1 atom stereocenters. The van der Waals surface area contributed by atoms with Gasteiger partial charge in [-0.2, -0.15) is 0 Å². The number of thiophene rings is 1. The van der Waals surface area contributed by atoms with Gasteiger partial charge in [-0.1, -0.05) is 61.4 Å². The van der Waals surface area contributed by atoms with Crippen LogP contribution in [0.5, 0.6) is 0 Å². The van der Waals surface area contributed by atoms with Crippen molar-refractivity contribution < 1.29 is 0 Å². The van der Waals surface area contributed by atoms with Crippen LogP contribution in [-0.2, 0) is 19.6 Å². The van der Waals surface area contributed by atoms with Gasteiger partial charge in [0.25, 0.3) is 5.56 Å². The van der Waals surface area contributed by atoms with Crippen LogP contribution in [0, 0.1) is 6.92 Å². The Labute approximate surface area is 214 Å². The minimum absolute atomic E-state index is 0.0385. The van der Waals surface area contributed by atoms with Crippen LogP contribution in [0.1, 0.15) is 53.2 Å². The highest BCUT2D eigenvalue weighted by molar-refractivity contribution is 7.09. The van der Waals surface area contributed by atoms with Gasteiger partial charge in [0, 0.05) is 29.0 Å². The quantitative estimate of drug-likeness (QED) is 0.276. The molecule has 184 valence electrons. The van der Waals surface area contributed by atoms with Crippen molar-refractivity contribution in [2.75, 3.05) is 0 Å². The molecule has 0 radical (unpaired) electrons. The number of aryl methyl sites for hydroxylation is 1. The number of nitrogens with zero attached hydrogens (tertiary/aromatic N) is 5. The molecule has 0 aliphatic carbocycles. The molecule has 3 aromatic heterocycles. The van der Waals surface area contributed by atoms with E-state index in [4.69, 9.17) is 0 Å². The van der Waals surface area contributed by atoms with E-state index in [1.807, 2.05) is 41.1 Å². The van der Waals surface area contributed by atoms with Gasteiger partial charge >= 0.3 is 0 Å². The van der Waals surface area contributed by atoms with Crippen LogP contribution in [0.15, 0.2) is 76.9 Å². The lowest BCUT2D eigenvalue weighted by Gasteiger charge is -2.30. The number of nitrogens with one attached hydrogen (secondary N) is 1. The van der Waals surface area contributed by atoms with Crippen molar-refractivity contribution in [1.29, 1.82) is 0 Å². The van der Waals surface area contributed by atoms with Crippen LogP contribution < -0.4 is 5.56 Å². The predicted molar refractivity (Wildman–Crippen MR) is 144 cm³/mol. The first-order valence-corrected chi connectivity index (χ1v) is 13.2. The normalized spacial score (nSPS) is 12.4. The Morgan fingerprint density at radius 2 is 1.92 bits per heavy atom. The van der Waals surface area contributed by atoms with Crippen molar-refractivity contribution in [3.63, 3.8) is 0 Å². The summed E-state index contributed by atoms with van der Waals surface area (Å²) in [6, 6.07) is 22.5. The maximum atomic E-state index is 13.1. The largest absolute Gasteiger partial charge is 0.322 e. The fraction of sp³-hybridized carbons (Fsp3) is 0.286. The van der Waals surface area contributed by atoms with Crippen molar-refractivity contribution in [2.24, 2.45) is 0 Å². The van der Waals surface area contributed by atoms with Gasteiger partial charge in [0.2, 0.25) is 0 Å². The summed E-state index contributed by atoms with van der Waals surface area (Å²) in [5.74, 6) is 0.824. The third-order valence-corrected chi connectivity index (χ3v) is 7.29. The highest BCUT2D eigenvalue weighted by atomic mass is 32.1. The third kappa shape index (κ3) is 5.45. The zero-order valence-corrected chi connectivity index (χ0v) is 21.4. The lowest BCUT2D eigenvalue weighted by Crippen LogP contribution is -2.32. The Bertz CT molecular complexity index is 1480. The topological polar surface area (TPSA) is 79.7 Å². The minimum atomic E-state index is -0.0540. The number of hydrogen-bond acceptors (Lipinski definition) is 6. The third-order valence-electron chi connectivity index (χ3n) is 6.42. The summed E-state index contributed by atoms with van der Waals surface area (Å²) >= 11 is 1.72. The highest BCUT2D eigenvalue weighted by Crippen LogP contribution is 2.29. The Balaban J connectivity index is 1.52. The lowest BCUT2D eigenvalue weighted by atomic mass is 10.1. The second kappa shape index (κ2) is 11.0. The second-order valence-corrected chi connectivity index (χ2v) is 10.2. The van der Waals surface area contributed by atoms with Crippen molar-refractivity contribution >= 4 is 22.2 Å². The number of aromatic amines is 1. The molecule has 2 aromatic carbocycles. The molecule has 3 heterocycles. The van der Waals surface area contributed by atoms with Crippen LogP contribution in [0.2, 0.25) is 0 Å². The summed E-state index contributed by atoms with van der Waals surface area (Å²) in [5, 5.41) is 16.0. The number of tetrazole rings is 1. The minimum Gasteiger partial charge on any atom is -0.322 e. The molecule has 5 aromatic rings. The molecule has 0 aliphatic rings. The van der Waals surface area contributed by atoms with E-state index in [0.29, 0.717) is 19.6 Å². The van der Waals surface area contributed by atoms with Crippen molar-refractivity contribution in [3.8, 4) is 0 Å². The Morgan fingerprint density at radius 1 is 1.06 bits per heavy atom. The Kier molecular flexibility index (Phi) is 7.34. The zero-order valence-electron chi connectivity index (χ0n) is 20.6. The van der Waals surface area contributed by atoms with Gasteiger partial charge in [-0.25, -0.2) is 4.68 Å². The number of hydrogen-bond donors (Lipinski definition) is 1. The molecule has 0 amide bonds. The van der Waals surface area contributed by atoms with Gasteiger partial charge in [0.1, 0.15) is 0 Å². The molecule has 0 spiro atoms. The maximum Gasteiger partial charge on any atom is 0.252 e. The first kappa shape index (κ1) is 24.1. The maximum absolute atomic E-state index is 13.1. The molecule has 5 rings (SSSR count). The van der Waals surface area contributed by atoms with Crippen LogP contribution >= 0.6 is 11.3 Å². The van der Waals surface area contributed by atoms with E-state index in [1.165, 1.54) is 10.4 Å². The van der Waals surface area contributed by atoms with E-state index in [9.17, 15) is 4.79 Å². The van der Waals surface area contributed by atoms with E-state index >= 15 is 0 Å². The van der Waals surface area contributed by atoms with Gasteiger partial charge in [-0.3, -0.25) is 9.69 Å². The first-order valence-electron chi connectivity index (χ1n) is 12.3. The molecular weight excluding hydrogens is 468 g/mol. The summed E-state index contributed by atoms with van der Waals surface area (Å²) in [4.78, 5) is 19.8. The van der Waals surface area contributed by atoms with Crippen LogP contribution in [-0.4, -0.2) is 30.1 Å². The average Bonchev–Trinajstić information content (AvgIpc) is 3.56. The number of pyridine rings is 1. The van der Waals surface area contributed by atoms with Crippen LogP contribution in [0.3, 0.4) is 0 Å². The molecule has 0 fully saturated rings. The van der Waals surface area contributed by atoms with Crippen molar-refractivity contribution in [2.45, 2.75) is 52.4 Å². The molecule has 0 saturated carbocycles. The number of H-pyrrole nitrogens is 1. The molecule has 0 aliphatic heterocycles. The van der Waals surface area contributed by atoms with E-state index < -0.39 is 0 Å². The molecule has 8 heteroatoms. The fourth-order valence-corrected chi connectivity index (χ4v) is 5.38. The number of fused-ring (bicyclic) bond motifs is 1. The Hall–Kier alpha value is -3.62. The van der Waals surface area contributed by atoms with Gasteiger partial charge in [0.15, 0.2) is 5.82 Å². The molecule has 0 bridgehead atoms. The standard InChI is InChI=1S/C28H30N6OS/c1-3-8-26(27-30-31-32-34(27)17-21-9-5-4-6-10-21)33(19-24-11-7-14-36-24)18-23-16-22-15-20(2)12-13-25(22)29-28(23)35/h4-7,9-16,26H,3,8,17-19H2,1-2H3,(H,29,35)/t26-/m1/s1. The van der Waals surface area contributed by atoms with E-state index in [2.05, 4.69) is 75.0 Å². The monoisotopic (exact) mass is 498 g/mol. The van der Waals surface area contributed by atoms with Crippen molar-refractivity contribution in [1.82, 2.24) is 30.1 Å². The molecule has 0 unspecified atom stereocenters. The predicted octanol–water partition coefficient (Wildman–Crippen LogP) is 5.48. The molecular formula is C28H30N6OS. The summed E-state index contributed by atoms with van der Waals surface area (Å²) in [7, 11) is 0. The smallest absolute Gasteiger partial charge is 0.252 e. The molecule has 7 nitrogen and oxygen atoms in total. The fourth-order valence-electron chi connectivity index (χ4n) is 4.65. The molecule has 1 N–H and O–H groups in total. The van der Waals surface area contributed by atoms with E-state index in [1.54, 1.807) is 11.3 Å². The van der Waals surface area contributed by atoms with Gasteiger partial charge in [-0.05, 0) is 64.4 Å². The summed E-state index contributed by atoms with van der Waals surface area (Å²) < 4.78 is 1.89. The van der Waals surface area contributed by atoms with Crippen LogP contribution in [0.25, 0.3) is 10.9 Å². The SMILES string of the molecule is CCC[C@H](c1nnnn1Cc1ccccc1)N(Cc1cccs1)Cc1cc2cc(C)ccc2[nH]c1=O. The first-order chi connectivity index (χ1) is 17.6. The van der Waals surface area contributed by atoms with Gasteiger partial charge < -0.3 is 4.98 Å². The van der Waals surface area contributed by atoms with Crippen LogP contribution in [0.4, 0.5) is 0 Å². The van der Waals surface area contributed by atoms with E-state index in [-0.39, 0.29) is 11.6 Å². The molecule has 36 heavy (non-hydrogen) atoms.